The normalized spacial score (nSPS) is 24.6. The van der Waals surface area contributed by atoms with Gasteiger partial charge >= 0.3 is 0 Å². The Bertz CT molecular complexity index is 389. The van der Waals surface area contributed by atoms with E-state index in [9.17, 15) is 13.9 Å². The zero-order chi connectivity index (χ0) is 12.3. The van der Waals surface area contributed by atoms with Gasteiger partial charge in [-0.15, -0.1) is 0 Å². The predicted molar refractivity (Wildman–Crippen MR) is 58.4 cm³/mol. The Labute approximate surface area is 98.1 Å². The van der Waals surface area contributed by atoms with Crippen LogP contribution in [0, 0.1) is 17.7 Å². The van der Waals surface area contributed by atoms with E-state index in [1.54, 1.807) is 0 Å². The highest BCUT2D eigenvalue weighted by atomic mass is 19.2. The monoisotopic (exact) mass is 243 g/mol. The second-order valence-electron chi connectivity index (χ2n) is 4.32. The summed E-state index contributed by atoms with van der Waals surface area (Å²) in [6.07, 6.45) is 4.35. The number of hydrogen-bond acceptors (Lipinski definition) is 4. The van der Waals surface area contributed by atoms with Crippen LogP contribution in [0.3, 0.4) is 0 Å². The summed E-state index contributed by atoms with van der Waals surface area (Å²) in [6.45, 7) is 0.397. The molecule has 2 N–H and O–H groups in total. The molecule has 0 aliphatic heterocycles. The number of hydrogen-bond donors (Lipinski definition) is 2. The topological polar surface area (TPSA) is 58.0 Å². The van der Waals surface area contributed by atoms with Gasteiger partial charge in [0.25, 0.3) is 5.95 Å². The average molecular weight is 243 g/mol. The Morgan fingerprint density at radius 1 is 1.29 bits per heavy atom. The van der Waals surface area contributed by atoms with Gasteiger partial charge in [0.1, 0.15) is 6.33 Å². The van der Waals surface area contributed by atoms with Crippen LogP contribution in [-0.2, 0) is 0 Å². The summed E-state index contributed by atoms with van der Waals surface area (Å²) in [6, 6.07) is 0. The molecule has 1 fully saturated rings. The molecule has 0 aromatic carbocycles. The number of aromatic nitrogens is 2. The maximum Gasteiger partial charge on any atom is 0.254 e. The molecule has 1 heterocycles. The lowest BCUT2D eigenvalue weighted by Crippen LogP contribution is -2.30. The van der Waals surface area contributed by atoms with Crippen molar-refractivity contribution in [2.75, 3.05) is 11.9 Å². The first-order valence-corrected chi connectivity index (χ1v) is 5.76. The third-order valence-electron chi connectivity index (χ3n) is 3.15. The summed E-state index contributed by atoms with van der Waals surface area (Å²) in [5.41, 5.74) is 0. The zero-order valence-electron chi connectivity index (χ0n) is 9.37. The summed E-state index contributed by atoms with van der Waals surface area (Å²) in [4.78, 5) is 6.74. The summed E-state index contributed by atoms with van der Waals surface area (Å²) in [7, 11) is 0. The Hall–Kier alpha value is -1.30. The number of aliphatic hydroxyl groups excluding tert-OH is 1. The van der Waals surface area contributed by atoms with Crippen molar-refractivity contribution in [1.82, 2.24) is 9.97 Å². The lowest BCUT2D eigenvalue weighted by molar-refractivity contribution is 0.0762. The molecule has 1 aliphatic rings. The highest BCUT2D eigenvalue weighted by molar-refractivity contribution is 5.34. The minimum absolute atomic E-state index is 0.0705. The van der Waals surface area contributed by atoms with E-state index in [0.717, 1.165) is 32.0 Å². The van der Waals surface area contributed by atoms with E-state index < -0.39 is 11.8 Å². The number of nitrogens with one attached hydrogen (secondary N) is 1. The fourth-order valence-electron chi connectivity index (χ4n) is 2.13. The van der Waals surface area contributed by atoms with Gasteiger partial charge < -0.3 is 10.4 Å². The molecule has 1 aromatic heterocycles. The van der Waals surface area contributed by atoms with Crippen LogP contribution in [0.4, 0.5) is 14.6 Å². The minimum Gasteiger partial charge on any atom is -0.393 e. The van der Waals surface area contributed by atoms with Gasteiger partial charge in [-0.25, -0.2) is 9.97 Å². The van der Waals surface area contributed by atoms with Crippen molar-refractivity contribution in [1.29, 1.82) is 0 Å². The molecule has 1 aromatic rings. The van der Waals surface area contributed by atoms with Crippen LogP contribution in [-0.4, -0.2) is 27.7 Å². The molecule has 0 unspecified atom stereocenters. The quantitative estimate of drug-likeness (QED) is 0.794. The molecule has 0 amide bonds. The van der Waals surface area contributed by atoms with Crippen LogP contribution >= 0.6 is 0 Å². The Balaban J connectivity index is 1.95. The Morgan fingerprint density at radius 2 is 2.06 bits per heavy atom. The van der Waals surface area contributed by atoms with Crippen LogP contribution < -0.4 is 5.32 Å². The second kappa shape index (κ2) is 5.35. The lowest BCUT2D eigenvalue weighted by atomic mass is 9.86. The van der Waals surface area contributed by atoms with E-state index in [-0.39, 0.29) is 17.8 Å². The fourth-order valence-corrected chi connectivity index (χ4v) is 2.13. The fraction of sp³-hybridized carbons (Fsp3) is 0.636. The summed E-state index contributed by atoms with van der Waals surface area (Å²) in [5.74, 6) is -2.30. The van der Waals surface area contributed by atoms with Crippen molar-refractivity contribution in [2.45, 2.75) is 31.8 Å². The first-order chi connectivity index (χ1) is 8.18. The van der Waals surface area contributed by atoms with Crippen LogP contribution in [0.5, 0.6) is 0 Å². The van der Waals surface area contributed by atoms with Gasteiger partial charge in [0.05, 0.1) is 6.10 Å². The number of aliphatic hydroxyl groups is 1. The van der Waals surface area contributed by atoms with Gasteiger partial charge in [-0.1, -0.05) is 12.8 Å². The summed E-state index contributed by atoms with van der Waals surface area (Å²) in [5, 5.41) is 12.5. The van der Waals surface area contributed by atoms with E-state index in [1.807, 2.05) is 0 Å². The third kappa shape index (κ3) is 2.88. The van der Waals surface area contributed by atoms with E-state index in [4.69, 9.17) is 0 Å². The van der Waals surface area contributed by atoms with Gasteiger partial charge in [0.2, 0.25) is 5.82 Å². The highest BCUT2D eigenvalue weighted by Gasteiger charge is 2.23. The maximum absolute atomic E-state index is 13.2. The van der Waals surface area contributed by atoms with Crippen molar-refractivity contribution < 1.29 is 13.9 Å². The molecule has 94 valence electrons. The van der Waals surface area contributed by atoms with Crippen LogP contribution in [0.2, 0.25) is 0 Å². The number of halogens is 2. The minimum atomic E-state index is -1.16. The molecule has 0 saturated heterocycles. The largest absolute Gasteiger partial charge is 0.393 e. The number of anilines is 1. The van der Waals surface area contributed by atoms with Crippen molar-refractivity contribution in [3.05, 3.63) is 18.1 Å². The van der Waals surface area contributed by atoms with Crippen molar-refractivity contribution in [3.63, 3.8) is 0 Å². The van der Waals surface area contributed by atoms with Crippen LogP contribution in [0.25, 0.3) is 0 Å². The van der Waals surface area contributed by atoms with Crippen LogP contribution in [0.1, 0.15) is 25.7 Å². The molecule has 1 saturated carbocycles. The summed E-state index contributed by atoms with van der Waals surface area (Å²) < 4.78 is 26.0. The molecule has 0 bridgehead atoms. The molecular formula is C11H15F2N3O. The van der Waals surface area contributed by atoms with Crippen molar-refractivity contribution >= 4 is 5.82 Å². The summed E-state index contributed by atoms with van der Waals surface area (Å²) >= 11 is 0. The molecule has 17 heavy (non-hydrogen) atoms. The molecule has 2 rings (SSSR count). The molecule has 0 radical (unpaired) electrons. The van der Waals surface area contributed by atoms with Crippen molar-refractivity contribution in [2.24, 2.45) is 5.92 Å². The molecule has 1 aliphatic carbocycles. The molecule has 0 spiro atoms. The Morgan fingerprint density at radius 3 is 2.82 bits per heavy atom. The average Bonchev–Trinajstić information content (AvgIpc) is 2.33. The smallest absolute Gasteiger partial charge is 0.254 e. The van der Waals surface area contributed by atoms with Gasteiger partial charge in [0, 0.05) is 12.5 Å². The van der Waals surface area contributed by atoms with Gasteiger partial charge in [-0.05, 0) is 12.8 Å². The first-order valence-electron chi connectivity index (χ1n) is 5.76. The third-order valence-corrected chi connectivity index (χ3v) is 3.15. The van der Waals surface area contributed by atoms with Gasteiger partial charge in [-0.3, -0.25) is 0 Å². The molecule has 6 heteroatoms. The molecule has 2 atom stereocenters. The van der Waals surface area contributed by atoms with E-state index in [0.29, 0.717) is 6.54 Å². The molecular weight excluding hydrogens is 228 g/mol. The first kappa shape index (κ1) is 12.2. The van der Waals surface area contributed by atoms with Crippen molar-refractivity contribution in [3.8, 4) is 0 Å². The maximum atomic E-state index is 13.2. The second-order valence-corrected chi connectivity index (χ2v) is 4.32. The number of rotatable bonds is 3. The highest BCUT2D eigenvalue weighted by Crippen LogP contribution is 2.24. The standard InChI is InChI=1S/C11H15F2N3O/c12-9-10(13)15-6-16-11(9)14-5-7-3-1-2-4-8(7)17/h6-8,17H,1-5H2,(H,14,15,16)/t7-,8+/m0/s1. The Kier molecular flexibility index (Phi) is 3.83. The van der Waals surface area contributed by atoms with Gasteiger partial charge in [-0.2, -0.15) is 8.78 Å². The number of nitrogens with zero attached hydrogens (tertiary/aromatic N) is 2. The predicted octanol–water partition coefficient (Wildman–Crippen LogP) is 1.72. The van der Waals surface area contributed by atoms with E-state index in [2.05, 4.69) is 15.3 Å². The van der Waals surface area contributed by atoms with Crippen LogP contribution in [0.15, 0.2) is 6.33 Å². The molecule has 4 nitrogen and oxygen atoms in total. The SMILES string of the molecule is O[C@@H]1CCCC[C@H]1CNc1ncnc(F)c1F. The zero-order valence-corrected chi connectivity index (χ0v) is 9.37. The van der Waals surface area contributed by atoms with Gasteiger partial charge in [0.15, 0.2) is 5.82 Å². The lowest BCUT2D eigenvalue weighted by Gasteiger charge is -2.27. The van der Waals surface area contributed by atoms with E-state index in [1.165, 1.54) is 0 Å². The van der Waals surface area contributed by atoms with E-state index >= 15 is 0 Å².